The maximum absolute atomic E-state index is 11.4. The van der Waals surface area contributed by atoms with Crippen molar-refractivity contribution in [3.63, 3.8) is 0 Å². The van der Waals surface area contributed by atoms with Crippen LogP contribution in [-0.4, -0.2) is 29.2 Å². The molecular formula is C10H22N2O2. The fourth-order valence-corrected chi connectivity index (χ4v) is 1.01. The second-order valence-corrected chi connectivity index (χ2v) is 3.99. The summed E-state index contributed by atoms with van der Waals surface area (Å²) in [6, 6.07) is -0.0881. The largest absolute Gasteiger partial charge is 0.394 e. The van der Waals surface area contributed by atoms with Gasteiger partial charge in [-0.15, -0.1) is 0 Å². The van der Waals surface area contributed by atoms with E-state index in [-0.39, 0.29) is 18.6 Å². The second-order valence-electron chi connectivity index (χ2n) is 3.99. The van der Waals surface area contributed by atoms with E-state index in [0.717, 1.165) is 6.42 Å². The van der Waals surface area contributed by atoms with Crippen LogP contribution in [0, 0.1) is 0 Å². The van der Waals surface area contributed by atoms with Crippen LogP contribution in [0.15, 0.2) is 0 Å². The quantitative estimate of drug-likeness (QED) is 0.583. The number of carbonyl (C=O) groups excluding carboxylic acids is 1. The molecule has 4 N–H and O–H groups in total. The van der Waals surface area contributed by atoms with Gasteiger partial charge in [-0.05, 0) is 19.8 Å². The summed E-state index contributed by atoms with van der Waals surface area (Å²) in [6.07, 6.45) is 1.82. The first kappa shape index (κ1) is 13.4. The molecule has 0 aromatic heterocycles. The van der Waals surface area contributed by atoms with Crippen molar-refractivity contribution in [2.45, 2.75) is 51.6 Å². The van der Waals surface area contributed by atoms with Gasteiger partial charge in [0, 0.05) is 12.5 Å². The van der Waals surface area contributed by atoms with E-state index < -0.39 is 5.54 Å². The number of rotatable bonds is 6. The van der Waals surface area contributed by atoms with Gasteiger partial charge in [-0.2, -0.15) is 0 Å². The molecule has 0 aromatic carbocycles. The van der Waals surface area contributed by atoms with Crippen LogP contribution in [0.3, 0.4) is 0 Å². The monoisotopic (exact) mass is 202 g/mol. The highest BCUT2D eigenvalue weighted by Gasteiger charge is 2.23. The molecule has 0 aromatic rings. The molecule has 0 rings (SSSR count). The average molecular weight is 202 g/mol. The lowest BCUT2D eigenvalue weighted by Crippen LogP contribution is -2.49. The molecule has 0 aliphatic heterocycles. The topological polar surface area (TPSA) is 75.4 Å². The molecule has 2 atom stereocenters. The lowest BCUT2D eigenvalue weighted by Gasteiger charge is -2.27. The molecule has 84 valence electrons. The summed E-state index contributed by atoms with van der Waals surface area (Å²) in [7, 11) is 0. The van der Waals surface area contributed by atoms with Crippen molar-refractivity contribution in [2.75, 3.05) is 6.61 Å². The van der Waals surface area contributed by atoms with Crippen molar-refractivity contribution in [3.8, 4) is 0 Å². The fraction of sp³-hybridized carbons (Fsp3) is 0.900. The van der Waals surface area contributed by atoms with Crippen LogP contribution in [0.4, 0.5) is 0 Å². The first-order chi connectivity index (χ1) is 6.47. The van der Waals surface area contributed by atoms with Gasteiger partial charge in [0.1, 0.15) is 0 Å². The molecule has 1 amide bonds. The molecule has 0 heterocycles. The molecule has 0 bridgehead atoms. The molecule has 0 aliphatic carbocycles. The molecule has 4 heteroatoms. The number of hydrogen-bond donors (Lipinski definition) is 3. The minimum absolute atomic E-state index is 0.0450. The van der Waals surface area contributed by atoms with E-state index >= 15 is 0 Å². The molecule has 2 unspecified atom stereocenters. The zero-order valence-electron chi connectivity index (χ0n) is 9.34. The maximum Gasteiger partial charge on any atom is 0.222 e. The first-order valence-electron chi connectivity index (χ1n) is 5.15. The van der Waals surface area contributed by atoms with Crippen LogP contribution in [0.1, 0.15) is 40.0 Å². The Labute approximate surface area is 85.9 Å². The van der Waals surface area contributed by atoms with Crippen molar-refractivity contribution in [1.29, 1.82) is 0 Å². The Morgan fingerprint density at radius 2 is 2.14 bits per heavy atom. The molecule has 14 heavy (non-hydrogen) atoms. The minimum atomic E-state index is -0.509. The Balaban J connectivity index is 4.04. The summed E-state index contributed by atoms with van der Waals surface area (Å²) < 4.78 is 0. The first-order valence-corrected chi connectivity index (χ1v) is 5.15. The molecule has 0 aliphatic rings. The van der Waals surface area contributed by atoms with Gasteiger partial charge in [0.05, 0.1) is 12.1 Å². The smallest absolute Gasteiger partial charge is 0.222 e. The molecular weight excluding hydrogens is 180 g/mol. The van der Waals surface area contributed by atoms with Crippen LogP contribution >= 0.6 is 0 Å². The van der Waals surface area contributed by atoms with Gasteiger partial charge < -0.3 is 16.2 Å². The Morgan fingerprint density at radius 1 is 1.57 bits per heavy atom. The van der Waals surface area contributed by atoms with Crippen LogP contribution in [-0.2, 0) is 4.79 Å². The number of nitrogens with two attached hydrogens (primary N) is 1. The summed E-state index contributed by atoms with van der Waals surface area (Å²) in [5, 5.41) is 11.9. The summed E-state index contributed by atoms with van der Waals surface area (Å²) in [4.78, 5) is 11.4. The molecule has 0 radical (unpaired) electrons. The Morgan fingerprint density at radius 3 is 2.50 bits per heavy atom. The fourth-order valence-electron chi connectivity index (χ4n) is 1.01. The van der Waals surface area contributed by atoms with Gasteiger partial charge in [0.2, 0.25) is 5.91 Å². The molecule has 0 spiro atoms. The molecule has 0 saturated heterocycles. The van der Waals surface area contributed by atoms with E-state index in [0.29, 0.717) is 12.8 Å². The number of carbonyl (C=O) groups is 1. The van der Waals surface area contributed by atoms with Crippen molar-refractivity contribution in [1.82, 2.24) is 5.32 Å². The van der Waals surface area contributed by atoms with Crippen molar-refractivity contribution in [2.24, 2.45) is 5.73 Å². The summed E-state index contributed by atoms with van der Waals surface area (Å²) in [5.74, 6) is -0.0854. The Kier molecular flexibility index (Phi) is 5.72. The van der Waals surface area contributed by atoms with Gasteiger partial charge in [-0.25, -0.2) is 0 Å². The van der Waals surface area contributed by atoms with Gasteiger partial charge in [-0.1, -0.05) is 13.8 Å². The third-order valence-corrected chi connectivity index (χ3v) is 2.54. The van der Waals surface area contributed by atoms with Crippen LogP contribution < -0.4 is 11.1 Å². The summed E-state index contributed by atoms with van der Waals surface area (Å²) >= 11 is 0. The normalized spacial score (nSPS) is 17.2. The van der Waals surface area contributed by atoms with Crippen LogP contribution in [0.2, 0.25) is 0 Å². The van der Waals surface area contributed by atoms with Crippen LogP contribution in [0.5, 0.6) is 0 Å². The van der Waals surface area contributed by atoms with Crippen molar-refractivity contribution in [3.05, 3.63) is 0 Å². The van der Waals surface area contributed by atoms with Gasteiger partial charge >= 0.3 is 0 Å². The minimum Gasteiger partial charge on any atom is -0.394 e. The Bertz CT molecular complexity index is 179. The van der Waals surface area contributed by atoms with E-state index in [2.05, 4.69) is 5.32 Å². The summed E-state index contributed by atoms with van der Waals surface area (Å²) in [6.45, 7) is 5.65. The number of amides is 1. The standard InChI is InChI=1S/C10H22N2O2/c1-4-8(11)6-9(14)12-10(3,5-2)7-13/h8,13H,4-7,11H2,1-3H3,(H,12,14). The molecule has 0 saturated carbocycles. The zero-order chi connectivity index (χ0) is 11.2. The SMILES string of the molecule is CCC(N)CC(=O)NC(C)(CC)CO. The predicted molar refractivity (Wildman–Crippen MR) is 56.8 cm³/mol. The number of aliphatic hydroxyl groups is 1. The Hall–Kier alpha value is -0.610. The van der Waals surface area contributed by atoms with Crippen molar-refractivity contribution >= 4 is 5.91 Å². The number of aliphatic hydroxyl groups excluding tert-OH is 1. The number of nitrogens with one attached hydrogen (secondary N) is 1. The molecule has 0 fully saturated rings. The van der Waals surface area contributed by atoms with Gasteiger partial charge in [0.15, 0.2) is 0 Å². The van der Waals surface area contributed by atoms with E-state index in [1.54, 1.807) is 0 Å². The second kappa shape index (κ2) is 5.98. The van der Waals surface area contributed by atoms with Gasteiger partial charge in [0.25, 0.3) is 0 Å². The maximum atomic E-state index is 11.4. The molecule has 4 nitrogen and oxygen atoms in total. The van der Waals surface area contributed by atoms with Crippen molar-refractivity contribution < 1.29 is 9.90 Å². The van der Waals surface area contributed by atoms with E-state index in [1.165, 1.54) is 0 Å². The van der Waals surface area contributed by atoms with E-state index in [4.69, 9.17) is 10.8 Å². The zero-order valence-corrected chi connectivity index (χ0v) is 9.34. The highest BCUT2D eigenvalue weighted by atomic mass is 16.3. The van der Waals surface area contributed by atoms with E-state index in [9.17, 15) is 4.79 Å². The third kappa shape index (κ3) is 4.58. The highest BCUT2D eigenvalue weighted by molar-refractivity contribution is 5.77. The lowest BCUT2D eigenvalue weighted by atomic mass is 9.99. The van der Waals surface area contributed by atoms with Crippen LogP contribution in [0.25, 0.3) is 0 Å². The third-order valence-electron chi connectivity index (χ3n) is 2.54. The highest BCUT2D eigenvalue weighted by Crippen LogP contribution is 2.08. The average Bonchev–Trinajstić information content (AvgIpc) is 2.17. The predicted octanol–water partition coefficient (Wildman–Crippen LogP) is 0.391. The lowest BCUT2D eigenvalue weighted by molar-refractivity contribution is -0.123. The van der Waals surface area contributed by atoms with Gasteiger partial charge in [-0.3, -0.25) is 4.79 Å². The number of hydrogen-bond acceptors (Lipinski definition) is 3. The summed E-state index contributed by atoms with van der Waals surface area (Å²) in [5.41, 5.74) is 5.14. The van der Waals surface area contributed by atoms with E-state index in [1.807, 2.05) is 20.8 Å².